The topological polar surface area (TPSA) is 51.5 Å². The summed E-state index contributed by atoms with van der Waals surface area (Å²) in [6.07, 6.45) is 0.570. The van der Waals surface area contributed by atoms with Crippen LogP contribution in [0.15, 0.2) is 46.9 Å². The minimum atomic E-state index is -0.338. The quantitative estimate of drug-likeness (QED) is 0.713. The molecule has 1 heterocycles. The van der Waals surface area contributed by atoms with E-state index in [1.165, 1.54) is 7.11 Å². The Bertz CT molecular complexity index is 856. The maximum atomic E-state index is 12.4. The smallest absolute Gasteiger partial charge is 0.256 e. The van der Waals surface area contributed by atoms with Crippen molar-refractivity contribution in [3.63, 3.8) is 0 Å². The Morgan fingerprint density at radius 3 is 2.67 bits per heavy atom. The number of carbonyl (C=O) groups excluding carboxylic acids is 1. The van der Waals surface area contributed by atoms with Gasteiger partial charge in [-0.15, -0.1) is 0 Å². The fraction of sp³-hybridized carbons (Fsp3) is 0.167. The Morgan fingerprint density at radius 1 is 1.17 bits per heavy atom. The summed E-state index contributed by atoms with van der Waals surface area (Å²) in [7, 11) is 1.45. The molecule has 1 amide bonds. The molecule has 3 aromatic rings. The highest BCUT2D eigenvalue weighted by molar-refractivity contribution is 6.37. The Morgan fingerprint density at radius 2 is 1.92 bits per heavy atom. The summed E-state index contributed by atoms with van der Waals surface area (Å²) in [4.78, 5) is 12.4. The molecule has 0 aliphatic heterocycles. The third kappa shape index (κ3) is 3.35. The van der Waals surface area contributed by atoms with Gasteiger partial charge in [0.15, 0.2) is 5.75 Å². The van der Waals surface area contributed by atoms with E-state index in [9.17, 15) is 4.79 Å². The maximum absolute atomic E-state index is 12.4. The highest BCUT2D eigenvalue weighted by Crippen LogP contribution is 2.33. The molecule has 0 saturated carbocycles. The summed E-state index contributed by atoms with van der Waals surface area (Å²) in [5, 5.41) is 4.48. The fourth-order valence-corrected chi connectivity index (χ4v) is 2.96. The first kappa shape index (κ1) is 16.7. The van der Waals surface area contributed by atoms with Crippen LogP contribution in [0.2, 0.25) is 10.0 Å². The van der Waals surface area contributed by atoms with Gasteiger partial charge in [0, 0.05) is 18.4 Å². The molecular weight excluding hydrogens is 349 g/mol. The molecule has 0 aliphatic rings. The molecule has 0 atom stereocenters. The van der Waals surface area contributed by atoms with Crippen LogP contribution in [0, 0.1) is 0 Å². The van der Waals surface area contributed by atoms with Crippen LogP contribution in [0.4, 0.5) is 0 Å². The van der Waals surface area contributed by atoms with Crippen molar-refractivity contribution in [3.05, 3.63) is 63.8 Å². The van der Waals surface area contributed by atoms with Gasteiger partial charge in [-0.1, -0.05) is 41.4 Å². The number of benzene rings is 2. The van der Waals surface area contributed by atoms with Crippen LogP contribution in [0.1, 0.15) is 16.1 Å². The van der Waals surface area contributed by atoms with Gasteiger partial charge in [0.25, 0.3) is 5.91 Å². The minimum Gasteiger partial charge on any atom is -0.494 e. The van der Waals surface area contributed by atoms with E-state index in [1.807, 2.05) is 30.3 Å². The fourth-order valence-electron chi connectivity index (χ4n) is 2.49. The lowest BCUT2D eigenvalue weighted by Gasteiger charge is -2.12. The lowest BCUT2D eigenvalue weighted by Crippen LogP contribution is -2.26. The Balaban J connectivity index is 1.69. The van der Waals surface area contributed by atoms with E-state index in [1.54, 1.807) is 12.1 Å². The van der Waals surface area contributed by atoms with Crippen LogP contribution in [0.5, 0.6) is 5.75 Å². The Hall–Kier alpha value is -2.17. The van der Waals surface area contributed by atoms with E-state index in [0.29, 0.717) is 18.0 Å². The molecule has 0 unspecified atom stereocenters. The zero-order valence-electron chi connectivity index (χ0n) is 12.9. The number of fused-ring (bicyclic) bond motifs is 1. The number of furan rings is 1. The zero-order chi connectivity index (χ0) is 17.1. The molecule has 124 valence electrons. The largest absolute Gasteiger partial charge is 0.494 e. The number of methoxy groups -OCH3 is 1. The van der Waals surface area contributed by atoms with E-state index >= 15 is 0 Å². The highest BCUT2D eigenvalue weighted by atomic mass is 35.5. The zero-order valence-corrected chi connectivity index (χ0v) is 14.4. The minimum absolute atomic E-state index is 0.233. The number of para-hydroxylation sites is 1. The average Bonchev–Trinajstić information content (AvgIpc) is 2.99. The van der Waals surface area contributed by atoms with E-state index in [4.69, 9.17) is 32.4 Å². The van der Waals surface area contributed by atoms with Gasteiger partial charge in [-0.2, -0.15) is 0 Å². The molecular formula is C18H15Cl2NO3. The lowest BCUT2D eigenvalue weighted by atomic mass is 10.1. The summed E-state index contributed by atoms with van der Waals surface area (Å²) in [6.45, 7) is 0.407. The SMILES string of the molecule is COc1c(Cl)ccc(Cl)c1C(=O)NCCc1cc2ccccc2o1. The number of hydrogen-bond acceptors (Lipinski definition) is 3. The third-order valence-corrected chi connectivity index (χ3v) is 4.24. The van der Waals surface area contributed by atoms with E-state index in [2.05, 4.69) is 5.32 Å². The first-order valence-electron chi connectivity index (χ1n) is 7.38. The molecule has 0 radical (unpaired) electrons. The predicted molar refractivity (Wildman–Crippen MR) is 95.3 cm³/mol. The molecule has 6 heteroatoms. The normalized spacial score (nSPS) is 10.8. The van der Waals surface area contributed by atoms with Crippen LogP contribution >= 0.6 is 23.2 Å². The van der Waals surface area contributed by atoms with E-state index in [0.717, 1.165) is 16.7 Å². The van der Waals surface area contributed by atoms with Gasteiger partial charge in [-0.3, -0.25) is 4.79 Å². The predicted octanol–water partition coefficient (Wildman–Crippen LogP) is 4.72. The summed E-state index contributed by atoms with van der Waals surface area (Å²) < 4.78 is 10.9. The van der Waals surface area contributed by atoms with Crippen LogP contribution in [-0.2, 0) is 6.42 Å². The summed E-state index contributed by atoms with van der Waals surface area (Å²) in [5.41, 5.74) is 1.06. The Kier molecular flexibility index (Phi) is 4.97. The molecule has 1 aromatic heterocycles. The van der Waals surface area contributed by atoms with E-state index < -0.39 is 0 Å². The van der Waals surface area contributed by atoms with Crippen LogP contribution < -0.4 is 10.1 Å². The second-order valence-corrected chi connectivity index (χ2v) is 6.01. The van der Waals surface area contributed by atoms with Gasteiger partial charge in [0.05, 0.1) is 17.2 Å². The van der Waals surface area contributed by atoms with Crippen molar-refractivity contribution in [1.29, 1.82) is 0 Å². The van der Waals surface area contributed by atoms with Gasteiger partial charge in [0.1, 0.15) is 16.9 Å². The number of amides is 1. The molecule has 1 N–H and O–H groups in total. The summed E-state index contributed by atoms with van der Waals surface area (Å²) in [6, 6.07) is 12.9. The van der Waals surface area contributed by atoms with Crippen LogP contribution in [-0.4, -0.2) is 19.6 Å². The Labute approximate surface area is 149 Å². The number of carbonyl (C=O) groups is 1. The van der Waals surface area contributed by atoms with Crippen molar-refractivity contribution >= 4 is 40.1 Å². The molecule has 24 heavy (non-hydrogen) atoms. The second-order valence-electron chi connectivity index (χ2n) is 5.19. The summed E-state index contributed by atoms with van der Waals surface area (Å²) in [5.74, 6) is 0.738. The molecule has 0 saturated heterocycles. The molecule has 0 aliphatic carbocycles. The number of hydrogen-bond donors (Lipinski definition) is 1. The van der Waals surface area contributed by atoms with Gasteiger partial charge < -0.3 is 14.5 Å². The molecule has 4 nitrogen and oxygen atoms in total. The van der Waals surface area contributed by atoms with Crippen LogP contribution in [0.3, 0.4) is 0 Å². The number of rotatable bonds is 5. The van der Waals surface area contributed by atoms with Crippen molar-refractivity contribution in [2.24, 2.45) is 0 Å². The lowest BCUT2D eigenvalue weighted by molar-refractivity contribution is 0.0951. The van der Waals surface area contributed by atoms with Crippen molar-refractivity contribution in [1.82, 2.24) is 5.32 Å². The molecule has 0 bridgehead atoms. The second kappa shape index (κ2) is 7.16. The van der Waals surface area contributed by atoms with Crippen molar-refractivity contribution in [3.8, 4) is 5.75 Å². The molecule has 0 spiro atoms. The van der Waals surface area contributed by atoms with Crippen molar-refractivity contribution < 1.29 is 13.9 Å². The molecule has 0 fully saturated rings. The van der Waals surface area contributed by atoms with Gasteiger partial charge in [-0.05, 0) is 24.3 Å². The summed E-state index contributed by atoms with van der Waals surface area (Å²) >= 11 is 12.1. The van der Waals surface area contributed by atoms with Crippen LogP contribution in [0.25, 0.3) is 11.0 Å². The first-order valence-corrected chi connectivity index (χ1v) is 8.13. The monoisotopic (exact) mass is 363 g/mol. The van der Waals surface area contributed by atoms with Crippen molar-refractivity contribution in [2.45, 2.75) is 6.42 Å². The first-order chi connectivity index (χ1) is 11.6. The highest BCUT2D eigenvalue weighted by Gasteiger charge is 2.19. The van der Waals surface area contributed by atoms with Gasteiger partial charge in [0.2, 0.25) is 0 Å². The maximum Gasteiger partial charge on any atom is 0.256 e. The van der Waals surface area contributed by atoms with Gasteiger partial charge in [-0.25, -0.2) is 0 Å². The number of halogens is 2. The number of ether oxygens (including phenoxy) is 1. The third-order valence-electron chi connectivity index (χ3n) is 3.62. The van der Waals surface area contributed by atoms with Crippen molar-refractivity contribution in [2.75, 3.05) is 13.7 Å². The van der Waals surface area contributed by atoms with E-state index in [-0.39, 0.29) is 22.2 Å². The molecule has 2 aromatic carbocycles. The molecule has 3 rings (SSSR count). The van der Waals surface area contributed by atoms with Gasteiger partial charge >= 0.3 is 0 Å². The number of nitrogens with one attached hydrogen (secondary N) is 1. The average molecular weight is 364 g/mol. The standard InChI is InChI=1S/C18H15Cl2NO3/c1-23-17-14(20)7-6-13(19)16(17)18(22)21-9-8-12-10-11-4-2-3-5-15(11)24-12/h2-7,10H,8-9H2,1H3,(H,21,22).